The molecule has 1 aliphatic rings. The SMILES string of the molecule is CC(C)(C)OC(=O)N1COC(=O)[C@@H]1CSS. The fourth-order valence-corrected chi connectivity index (χ4v) is 2.06. The first-order valence-corrected chi connectivity index (χ1v) is 6.81. The Morgan fingerprint density at radius 3 is 2.81 bits per heavy atom. The van der Waals surface area contributed by atoms with Crippen molar-refractivity contribution in [2.75, 3.05) is 12.5 Å². The minimum Gasteiger partial charge on any atom is -0.444 e. The fraction of sp³-hybridized carbons (Fsp3) is 0.778. The van der Waals surface area contributed by atoms with Gasteiger partial charge < -0.3 is 9.47 Å². The maximum Gasteiger partial charge on any atom is 0.413 e. The van der Waals surface area contributed by atoms with Gasteiger partial charge in [-0.1, -0.05) is 10.8 Å². The van der Waals surface area contributed by atoms with Crippen LogP contribution in [0.25, 0.3) is 0 Å². The van der Waals surface area contributed by atoms with Gasteiger partial charge in [0.15, 0.2) is 6.73 Å². The predicted octanol–water partition coefficient (Wildman–Crippen LogP) is 1.68. The molecule has 0 spiro atoms. The molecule has 0 bridgehead atoms. The number of nitrogens with zero attached hydrogens (tertiary/aromatic N) is 1. The van der Waals surface area contributed by atoms with E-state index < -0.39 is 23.7 Å². The van der Waals surface area contributed by atoms with Gasteiger partial charge in [0.2, 0.25) is 0 Å². The van der Waals surface area contributed by atoms with Crippen molar-refractivity contribution in [3.05, 3.63) is 0 Å². The van der Waals surface area contributed by atoms with Gasteiger partial charge in [0.1, 0.15) is 11.6 Å². The molecule has 0 aromatic heterocycles. The third-order valence-electron chi connectivity index (χ3n) is 1.85. The largest absolute Gasteiger partial charge is 0.444 e. The van der Waals surface area contributed by atoms with E-state index in [2.05, 4.69) is 11.7 Å². The number of ether oxygens (including phenoxy) is 2. The van der Waals surface area contributed by atoms with Crippen molar-refractivity contribution < 1.29 is 19.1 Å². The Morgan fingerprint density at radius 2 is 2.31 bits per heavy atom. The Labute approximate surface area is 104 Å². The molecule has 1 rings (SSSR count). The smallest absolute Gasteiger partial charge is 0.413 e. The molecular weight excluding hydrogens is 250 g/mol. The van der Waals surface area contributed by atoms with Gasteiger partial charge >= 0.3 is 12.1 Å². The topological polar surface area (TPSA) is 55.8 Å². The molecule has 0 aromatic carbocycles. The molecule has 0 radical (unpaired) electrons. The molecular formula is C9H15NO4S2. The van der Waals surface area contributed by atoms with Crippen molar-refractivity contribution in [3.63, 3.8) is 0 Å². The number of thiol groups is 1. The number of esters is 1. The number of carbonyl (C=O) groups is 2. The average Bonchev–Trinajstić information content (AvgIpc) is 2.46. The summed E-state index contributed by atoms with van der Waals surface area (Å²) in [7, 11) is 1.19. The lowest BCUT2D eigenvalue weighted by Gasteiger charge is -2.25. The summed E-state index contributed by atoms with van der Waals surface area (Å²) in [4.78, 5) is 24.3. The Kier molecular flexibility index (Phi) is 4.37. The maximum absolute atomic E-state index is 11.7. The van der Waals surface area contributed by atoms with Crippen LogP contribution in [0.4, 0.5) is 4.79 Å². The van der Waals surface area contributed by atoms with E-state index in [0.717, 1.165) is 0 Å². The number of carbonyl (C=O) groups excluding carboxylic acids is 2. The lowest BCUT2D eigenvalue weighted by atomic mass is 10.2. The average molecular weight is 265 g/mol. The van der Waals surface area contributed by atoms with Crippen molar-refractivity contribution in [2.45, 2.75) is 32.4 Å². The number of amides is 1. The lowest BCUT2D eigenvalue weighted by molar-refractivity contribution is -0.138. The summed E-state index contributed by atoms with van der Waals surface area (Å²) < 4.78 is 9.97. The summed E-state index contributed by atoms with van der Waals surface area (Å²) in [6, 6.07) is -0.600. The third kappa shape index (κ3) is 3.48. The molecule has 7 heteroatoms. The van der Waals surface area contributed by atoms with Gasteiger partial charge in [-0.25, -0.2) is 9.59 Å². The van der Waals surface area contributed by atoms with Gasteiger partial charge in [-0.2, -0.15) is 0 Å². The molecule has 1 saturated heterocycles. The Bertz CT molecular complexity index is 290. The molecule has 1 heterocycles. The molecule has 1 fully saturated rings. The van der Waals surface area contributed by atoms with Crippen molar-refractivity contribution in [3.8, 4) is 0 Å². The van der Waals surface area contributed by atoms with E-state index in [-0.39, 0.29) is 6.73 Å². The highest BCUT2D eigenvalue weighted by molar-refractivity contribution is 8.68. The number of hydrogen-bond donors (Lipinski definition) is 1. The van der Waals surface area contributed by atoms with Crippen molar-refractivity contribution in [1.82, 2.24) is 4.90 Å². The van der Waals surface area contributed by atoms with Gasteiger partial charge in [-0.3, -0.25) is 4.90 Å². The molecule has 0 saturated carbocycles. The van der Waals surface area contributed by atoms with Crippen LogP contribution in [0.5, 0.6) is 0 Å². The summed E-state index contributed by atoms with van der Waals surface area (Å²) >= 11 is 3.96. The maximum atomic E-state index is 11.7. The van der Waals surface area contributed by atoms with Crippen molar-refractivity contribution >= 4 is 34.5 Å². The summed E-state index contributed by atoms with van der Waals surface area (Å²) in [6.45, 7) is 5.26. The molecule has 0 aromatic rings. The molecule has 0 N–H and O–H groups in total. The van der Waals surface area contributed by atoms with Crippen LogP contribution in [0.1, 0.15) is 20.8 Å². The van der Waals surface area contributed by atoms with Crippen LogP contribution in [0.3, 0.4) is 0 Å². The highest BCUT2D eigenvalue weighted by Gasteiger charge is 2.39. The minimum absolute atomic E-state index is 0.0489. The van der Waals surface area contributed by atoms with Gasteiger partial charge in [-0.05, 0) is 20.8 Å². The number of cyclic esters (lactones) is 1. The monoisotopic (exact) mass is 265 g/mol. The summed E-state index contributed by atoms with van der Waals surface area (Å²) in [5, 5.41) is 0. The van der Waals surface area contributed by atoms with Gasteiger partial charge in [0, 0.05) is 5.75 Å². The quantitative estimate of drug-likeness (QED) is 0.468. The van der Waals surface area contributed by atoms with Gasteiger partial charge in [0.05, 0.1) is 0 Å². The fourth-order valence-electron chi connectivity index (χ4n) is 1.18. The number of rotatable bonds is 2. The van der Waals surface area contributed by atoms with Crippen LogP contribution in [-0.2, 0) is 14.3 Å². The number of hydrogen-bond acceptors (Lipinski definition) is 6. The summed E-state index contributed by atoms with van der Waals surface area (Å²) in [5.74, 6) is -0.0197. The van der Waals surface area contributed by atoms with Crippen molar-refractivity contribution in [2.24, 2.45) is 0 Å². The molecule has 1 aliphatic heterocycles. The second-order valence-electron chi connectivity index (χ2n) is 4.35. The zero-order valence-corrected chi connectivity index (χ0v) is 11.1. The standard InChI is InChI=1S/C9H15NO4S2/c1-9(2,3)14-8(12)10-5-13-7(11)6(10)4-16-15/h6,15H,4-5H2,1-3H3/t6-/m0/s1. The molecule has 16 heavy (non-hydrogen) atoms. The molecule has 0 unspecified atom stereocenters. The van der Waals surface area contributed by atoms with Crippen LogP contribution in [-0.4, -0.2) is 41.1 Å². The predicted molar refractivity (Wildman–Crippen MR) is 64.3 cm³/mol. The minimum atomic E-state index is -0.600. The Hall–Kier alpha value is -0.560. The Morgan fingerprint density at radius 1 is 1.69 bits per heavy atom. The van der Waals surface area contributed by atoms with E-state index in [1.54, 1.807) is 20.8 Å². The van der Waals surface area contributed by atoms with Crippen LogP contribution in [0, 0.1) is 0 Å². The van der Waals surface area contributed by atoms with Crippen LogP contribution >= 0.6 is 22.5 Å². The summed E-state index contributed by atoms with van der Waals surface area (Å²) in [6.07, 6.45) is -0.536. The first-order chi connectivity index (χ1) is 7.35. The van der Waals surface area contributed by atoms with E-state index in [9.17, 15) is 9.59 Å². The first-order valence-electron chi connectivity index (χ1n) is 4.78. The van der Waals surface area contributed by atoms with Crippen molar-refractivity contribution in [1.29, 1.82) is 0 Å². The molecule has 1 amide bonds. The Balaban J connectivity index is 2.65. The van der Waals surface area contributed by atoms with E-state index in [0.29, 0.717) is 5.75 Å². The second-order valence-corrected chi connectivity index (χ2v) is 5.72. The van der Waals surface area contributed by atoms with E-state index in [1.807, 2.05) is 0 Å². The molecule has 0 aliphatic carbocycles. The molecule has 1 atom stereocenters. The highest BCUT2D eigenvalue weighted by atomic mass is 33.1. The second kappa shape index (κ2) is 5.18. The lowest BCUT2D eigenvalue weighted by Crippen LogP contribution is -2.42. The van der Waals surface area contributed by atoms with Crippen LogP contribution in [0.2, 0.25) is 0 Å². The van der Waals surface area contributed by atoms with E-state index in [4.69, 9.17) is 9.47 Å². The first kappa shape index (κ1) is 13.5. The normalized spacial score (nSPS) is 20.9. The van der Waals surface area contributed by atoms with Gasteiger partial charge in [-0.15, -0.1) is 11.7 Å². The van der Waals surface area contributed by atoms with Gasteiger partial charge in [0.25, 0.3) is 0 Å². The molecule has 5 nitrogen and oxygen atoms in total. The van der Waals surface area contributed by atoms with E-state index >= 15 is 0 Å². The zero-order chi connectivity index (χ0) is 12.3. The highest BCUT2D eigenvalue weighted by Crippen LogP contribution is 2.21. The third-order valence-corrected chi connectivity index (χ3v) is 2.77. The van der Waals surface area contributed by atoms with Crippen LogP contribution in [0.15, 0.2) is 0 Å². The van der Waals surface area contributed by atoms with Crippen LogP contribution < -0.4 is 0 Å². The summed E-state index contributed by atoms with van der Waals surface area (Å²) in [5.41, 5.74) is -0.582. The molecule has 92 valence electrons. The van der Waals surface area contributed by atoms with E-state index in [1.165, 1.54) is 15.7 Å². The zero-order valence-electron chi connectivity index (χ0n) is 9.43.